The summed E-state index contributed by atoms with van der Waals surface area (Å²) < 4.78 is 5.36. The van der Waals surface area contributed by atoms with Crippen molar-refractivity contribution in [3.8, 4) is 0 Å². The molecule has 2 aromatic rings. The first kappa shape index (κ1) is 13.9. The molecular formula is C16H19N3O2S. The van der Waals surface area contributed by atoms with Crippen LogP contribution in [-0.4, -0.2) is 27.5 Å². The predicted octanol–water partition coefficient (Wildman–Crippen LogP) is 3.48. The number of carbonyl (C=O) groups excluding carboxylic acids is 1. The van der Waals surface area contributed by atoms with E-state index in [2.05, 4.69) is 10.1 Å². The summed E-state index contributed by atoms with van der Waals surface area (Å²) in [7, 11) is 0. The molecule has 1 aliphatic heterocycles. The van der Waals surface area contributed by atoms with E-state index in [1.807, 2.05) is 29.3 Å². The Morgan fingerprint density at radius 2 is 2.32 bits per heavy atom. The number of hydrogen-bond donors (Lipinski definition) is 0. The number of rotatable bonds is 4. The second-order valence-corrected chi connectivity index (χ2v) is 7.17. The van der Waals surface area contributed by atoms with Crippen molar-refractivity contribution in [1.82, 2.24) is 15.0 Å². The van der Waals surface area contributed by atoms with Gasteiger partial charge < -0.3 is 9.42 Å². The Balaban J connectivity index is 1.53. The van der Waals surface area contributed by atoms with Crippen LogP contribution in [-0.2, 0) is 4.79 Å². The second-order valence-electron chi connectivity index (χ2n) is 6.19. The van der Waals surface area contributed by atoms with Crippen molar-refractivity contribution in [2.75, 3.05) is 6.54 Å². The molecule has 1 amide bonds. The minimum atomic E-state index is -0.101. The lowest BCUT2D eigenvalue weighted by Crippen LogP contribution is -2.34. The van der Waals surface area contributed by atoms with Crippen LogP contribution in [0.15, 0.2) is 22.0 Å². The first-order valence-electron chi connectivity index (χ1n) is 7.91. The van der Waals surface area contributed by atoms with Gasteiger partial charge in [-0.15, -0.1) is 11.3 Å². The number of thiophene rings is 1. The van der Waals surface area contributed by atoms with Crippen molar-refractivity contribution in [1.29, 1.82) is 0 Å². The average Bonchev–Trinajstić information content (AvgIpc) is 3.02. The molecule has 22 heavy (non-hydrogen) atoms. The molecule has 1 saturated carbocycles. The van der Waals surface area contributed by atoms with Crippen molar-refractivity contribution >= 4 is 17.2 Å². The van der Waals surface area contributed by atoms with E-state index in [-0.39, 0.29) is 17.9 Å². The fourth-order valence-electron chi connectivity index (χ4n) is 3.09. The van der Waals surface area contributed by atoms with E-state index in [1.54, 1.807) is 11.3 Å². The number of hydrogen-bond acceptors (Lipinski definition) is 5. The molecule has 0 radical (unpaired) electrons. The smallest absolute Gasteiger partial charge is 0.231 e. The predicted molar refractivity (Wildman–Crippen MR) is 82.7 cm³/mol. The van der Waals surface area contributed by atoms with Crippen LogP contribution < -0.4 is 0 Å². The van der Waals surface area contributed by atoms with Crippen molar-refractivity contribution < 1.29 is 9.32 Å². The highest BCUT2D eigenvalue weighted by molar-refractivity contribution is 7.10. The highest BCUT2D eigenvalue weighted by atomic mass is 32.1. The summed E-state index contributed by atoms with van der Waals surface area (Å²) in [4.78, 5) is 20.4. The number of nitrogens with zero attached hydrogens (tertiary/aromatic N) is 3. The lowest BCUT2D eigenvalue weighted by molar-refractivity contribution is -0.133. The van der Waals surface area contributed by atoms with Crippen molar-refractivity contribution in [2.24, 2.45) is 0 Å². The zero-order valence-electron chi connectivity index (χ0n) is 12.6. The third-order valence-corrected chi connectivity index (χ3v) is 5.61. The van der Waals surface area contributed by atoms with Crippen molar-refractivity contribution in [3.63, 3.8) is 0 Å². The van der Waals surface area contributed by atoms with Crippen LogP contribution in [0.4, 0.5) is 0 Å². The number of aromatic nitrogens is 2. The van der Waals surface area contributed by atoms with E-state index in [9.17, 15) is 4.79 Å². The van der Waals surface area contributed by atoms with Gasteiger partial charge in [0.25, 0.3) is 0 Å². The number of carbonyl (C=O) groups is 1. The highest BCUT2D eigenvalue weighted by Crippen LogP contribution is 2.40. The topological polar surface area (TPSA) is 59.2 Å². The Labute approximate surface area is 133 Å². The molecule has 2 atom stereocenters. The zero-order valence-corrected chi connectivity index (χ0v) is 13.4. The molecular weight excluding hydrogens is 298 g/mol. The van der Waals surface area contributed by atoms with Gasteiger partial charge in [-0.3, -0.25) is 4.79 Å². The third kappa shape index (κ3) is 2.45. The summed E-state index contributed by atoms with van der Waals surface area (Å²) in [5.41, 5.74) is 0. The first-order valence-corrected chi connectivity index (χ1v) is 8.79. The van der Waals surface area contributed by atoms with Crippen LogP contribution in [0.2, 0.25) is 0 Å². The van der Waals surface area contributed by atoms with E-state index < -0.39 is 0 Å². The third-order valence-electron chi connectivity index (χ3n) is 4.56. The van der Waals surface area contributed by atoms with Gasteiger partial charge in [0.1, 0.15) is 0 Å². The Morgan fingerprint density at radius 1 is 1.45 bits per heavy atom. The zero-order chi connectivity index (χ0) is 15.1. The Morgan fingerprint density at radius 3 is 3.05 bits per heavy atom. The van der Waals surface area contributed by atoms with E-state index >= 15 is 0 Å². The summed E-state index contributed by atoms with van der Waals surface area (Å²) in [5, 5.41) is 6.15. The maximum absolute atomic E-state index is 12.8. The Bertz CT molecular complexity index is 663. The van der Waals surface area contributed by atoms with Crippen LogP contribution in [0, 0.1) is 0 Å². The lowest BCUT2D eigenvalue weighted by atomic mass is 10.1. The van der Waals surface area contributed by atoms with E-state index in [4.69, 9.17) is 4.52 Å². The van der Waals surface area contributed by atoms with Crippen LogP contribution in [0.25, 0.3) is 0 Å². The van der Waals surface area contributed by atoms with Gasteiger partial charge in [0.2, 0.25) is 11.8 Å². The van der Waals surface area contributed by atoms with Crippen LogP contribution >= 0.6 is 11.3 Å². The van der Waals surface area contributed by atoms with E-state index in [0.29, 0.717) is 11.7 Å². The Hall–Kier alpha value is -1.69. The van der Waals surface area contributed by atoms with E-state index in [1.165, 1.54) is 0 Å². The molecule has 5 nitrogen and oxygen atoms in total. The normalized spacial score (nSPS) is 23.0. The summed E-state index contributed by atoms with van der Waals surface area (Å²) in [5.74, 6) is 1.96. The largest absolute Gasteiger partial charge is 0.339 e. The minimum absolute atomic E-state index is 0.0221. The van der Waals surface area contributed by atoms with Gasteiger partial charge in [-0.2, -0.15) is 4.98 Å². The molecule has 6 heteroatoms. The second kappa shape index (κ2) is 5.50. The summed E-state index contributed by atoms with van der Waals surface area (Å²) in [6, 6.07) is 4.00. The van der Waals surface area contributed by atoms with E-state index in [0.717, 1.165) is 43.0 Å². The SMILES string of the molecule is C[C@@H](C(=O)N1CCC[C@H]1c1noc(C2CC2)n1)c1cccs1. The van der Waals surface area contributed by atoms with Crippen LogP contribution in [0.1, 0.15) is 67.1 Å². The maximum atomic E-state index is 12.8. The molecule has 1 aliphatic carbocycles. The molecule has 0 N–H and O–H groups in total. The lowest BCUT2D eigenvalue weighted by Gasteiger charge is -2.25. The molecule has 2 fully saturated rings. The number of likely N-dealkylation sites (tertiary alicyclic amines) is 1. The van der Waals surface area contributed by atoms with Gasteiger partial charge in [-0.25, -0.2) is 0 Å². The number of amides is 1. The van der Waals surface area contributed by atoms with Crippen molar-refractivity contribution in [2.45, 2.75) is 50.5 Å². The van der Waals surface area contributed by atoms with Gasteiger partial charge >= 0.3 is 0 Å². The van der Waals surface area contributed by atoms with Gasteiger partial charge in [0.05, 0.1) is 12.0 Å². The van der Waals surface area contributed by atoms with Gasteiger partial charge in [0, 0.05) is 17.3 Å². The maximum Gasteiger partial charge on any atom is 0.231 e. The first-order chi connectivity index (χ1) is 10.7. The molecule has 0 spiro atoms. The molecule has 0 unspecified atom stereocenters. The highest BCUT2D eigenvalue weighted by Gasteiger charge is 2.37. The van der Waals surface area contributed by atoms with Crippen molar-refractivity contribution in [3.05, 3.63) is 34.1 Å². The monoisotopic (exact) mass is 317 g/mol. The average molecular weight is 317 g/mol. The quantitative estimate of drug-likeness (QED) is 0.866. The fourth-order valence-corrected chi connectivity index (χ4v) is 3.86. The molecule has 0 aromatic carbocycles. The van der Waals surface area contributed by atoms with Crippen LogP contribution in [0.3, 0.4) is 0 Å². The molecule has 0 bridgehead atoms. The minimum Gasteiger partial charge on any atom is -0.339 e. The van der Waals surface area contributed by atoms with Gasteiger partial charge in [-0.1, -0.05) is 11.2 Å². The molecule has 2 aliphatic rings. The summed E-state index contributed by atoms with van der Waals surface area (Å²) in [6.45, 7) is 2.77. The molecule has 2 aromatic heterocycles. The molecule has 3 heterocycles. The van der Waals surface area contributed by atoms with Gasteiger partial charge in [0.15, 0.2) is 5.82 Å². The standard InChI is InChI=1S/C16H19N3O2S/c1-10(13-5-3-9-22-13)16(20)19-8-2-4-12(19)14-17-15(21-18-14)11-6-7-11/h3,5,9-12H,2,4,6-8H2,1H3/t10-,12+/m1/s1. The summed E-state index contributed by atoms with van der Waals surface area (Å²) >= 11 is 1.63. The van der Waals surface area contributed by atoms with Gasteiger partial charge in [-0.05, 0) is 44.1 Å². The Kier molecular flexibility index (Phi) is 3.48. The molecule has 4 rings (SSSR count). The summed E-state index contributed by atoms with van der Waals surface area (Å²) in [6.07, 6.45) is 4.21. The fraction of sp³-hybridized carbons (Fsp3) is 0.562. The molecule has 1 saturated heterocycles. The molecule has 116 valence electrons. The van der Waals surface area contributed by atoms with Crippen LogP contribution in [0.5, 0.6) is 0 Å².